The van der Waals surface area contributed by atoms with Crippen molar-refractivity contribution in [3.8, 4) is 0 Å². The van der Waals surface area contributed by atoms with Crippen molar-refractivity contribution in [3.63, 3.8) is 0 Å². The molecule has 2 aliphatic rings. The average molecular weight is 312 g/mol. The minimum atomic E-state index is -0.300. The Kier molecular flexibility index (Phi) is 5.07. The van der Waals surface area contributed by atoms with Crippen molar-refractivity contribution in [1.82, 2.24) is 10.2 Å². The van der Waals surface area contributed by atoms with Gasteiger partial charge in [-0.25, -0.2) is 4.79 Å². The Morgan fingerprint density at radius 2 is 1.77 bits per heavy atom. The molecule has 5 nitrogen and oxygen atoms in total. The summed E-state index contributed by atoms with van der Waals surface area (Å²) in [7, 11) is 0. The van der Waals surface area contributed by atoms with Crippen LogP contribution in [-0.4, -0.2) is 55.0 Å². The van der Waals surface area contributed by atoms with Gasteiger partial charge in [-0.05, 0) is 59.3 Å². The number of nitrogens with one attached hydrogen (secondary N) is 1. The lowest BCUT2D eigenvalue weighted by atomic mass is 9.99. The zero-order valence-corrected chi connectivity index (χ0v) is 14.8. The molecule has 0 aromatic heterocycles. The van der Waals surface area contributed by atoms with Crippen molar-refractivity contribution >= 4 is 6.03 Å². The van der Waals surface area contributed by atoms with E-state index in [0.717, 1.165) is 26.2 Å². The van der Waals surface area contributed by atoms with Gasteiger partial charge in [0.1, 0.15) is 0 Å². The van der Waals surface area contributed by atoms with E-state index in [1.807, 2.05) is 39.5 Å². The van der Waals surface area contributed by atoms with E-state index < -0.39 is 0 Å². The quantitative estimate of drug-likeness (QED) is 0.767. The molecule has 0 bridgehead atoms. The molecule has 2 amide bonds. The molecule has 0 unspecified atom stereocenters. The first-order chi connectivity index (χ1) is 10.2. The first kappa shape index (κ1) is 17.5. The fourth-order valence-corrected chi connectivity index (χ4v) is 3.43. The van der Waals surface area contributed by atoms with Crippen LogP contribution in [0.25, 0.3) is 0 Å². The summed E-state index contributed by atoms with van der Waals surface area (Å²) in [4.78, 5) is 14.4. The molecule has 2 rings (SSSR count). The van der Waals surface area contributed by atoms with Crippen LogP contribution in [0.5, 0.6) is 0 Å². The molecule has 0 aromatic carbocycles. The fraction of sp³-hybridized carbons (Fsp3) is 0.941. The maximum atomic E-state index is 12.5. The summed E-state index contributed by atoms with van der Waals surface area (Å²) in [5.74, 6) is 0. The number of carbonyl (C=O) groups is 1. The van der Waals surface area contributed by atoms with Gasteiger partial charge in [0.25, 0.3) is 0 Å². The Morgan fingerprint density at radius 1 is 1.18 bits per heavy atom. The molecule has 2 fully saturated rings. The predicted molar refractivity (Wildman–Crippen MR) is 87.0 cm³/mol. The largest absolute Gasteiger partial charge is 0.382 e. The highest BCUT2D eigenvalue weighted by Gasteiger charge is 2.44. The minimum absolute atomic E-state index is 0.0344. The summed E-state index contributed by atoms with van der Waals surface area (Å²) in [6.07, 6.45) is 3.43. The molecule has 128 valence electrons. The Morgan fingerprint density at radius 3 is 2.27 bits per heavy atom. The summed E-state index contributed by atoms with van der Waals surface area (Å²) < 4.78 is 11.5. The molecule has 1 aliphatic carbocycles. The van der Waals surface area contributed by atoms with Crippen molar-refractivity contribution in [2.45, 2.75) is 65.1 Å². The summed E-state index contributed by atoms with van der Waals surface area (Å²) in [5, 5.41) is 3.13. The second-order valence-corrected chi connectivity index (χ2v) is 8.08. The molecule has 0 aromatic rings. The van der Waals surface area contributed by atoms with Gasteiger partial charge in [0.05, 0.1) is 24.3 Å². The number of hydrogen-bond acceptors (Lipinski definition) is 3. The van der Waals surface area contributed by atoms with Gasteiger partial charge in [0.15, 0.2) is 0 Å². The number of rotatable bonds is 6. The van der Waals surface area contributed by atoms with Crippen molar-refractivity contribution in [2.75, 3.05) is 32.8 Å². The van der Waals surface area contributed by atoms with Gasteiger partial charge in [-0.3, -0.25) is 0 Å². The number of hydrogen-bond donors (Lipinski definition) is 1. The van der Waals surface area contributed by atoms with Gasteiger partial charge >= 0.3 is 6.03 Å². The average Bonchev–Trinajstić information content (AvgIpc) is 3.13. The van der Waals surface area contributed by atoms with Crippen molar-refractivity contribution in [1.29, 1.82) is 0 Å². The van der Waals surface area contributed by atoms with Crippen LogP contribution in [0.4, 0.5) is 4.79 Å². The standard InChI is InChI=1S/C17H32N2O3/c1-6-21-10-9-17(7-8-17)11-18-14(20)19-12-15(2,3)22-16(4,5)13-19/h6-13H2,1-5H3,(H,18,20). The number of amides is 2. The molecule has 1 saturated carbocycles. The zero-order chi connectivity index (χ0) is 16.4. The lowest BCUT2D eigenvalue weighted by molar-refractivity contribution is -0.170. The highest BCUT2D eigenvalue weighted by atomic mass is 16.5. The lowest BCUT2D eigenvalue weighted by Crippen LogP contribution is -2.60. The van der Waals surface area contributed by atoms with E-state index in [2.05, 4.69) is 5.32 Å². The van der Waals surface area contributed by atoms with E-state index in [9.17, 15) is 4.79 Å². The number of morpholine rings is 1. The van der Waals surface area contributed by atoms with Gasteiger partial charge in [0, 0.05) is 19.8 Å². The maximum absolute atomic E-state index is 12.5. The molecule has 1 aliphatic heterocycles. The minimum Gasteiger partial charge on any atom is -0.382 e. The summed E-state index contributed by atoms with van der Waals surface area (Å²) in [6, 6.07) is 0.0344. The van der Waals surface area contributed by atoms with Crippen LogP contribution in [0.1, 0.15) is 53.9 Å². The van der Waals surface area contributed by atoms with Gasteiger partial charge in [-0.15, -0.1) is 0 Å². The number of urea groups is 1. The molecule has 5 heteroatoms. The van der Waals surface area contributed by atoms with Crippen LogP contribution in [0, 0.1) is 5.41 Å². The first-order valence-electron chi connectivity index (χ1n) is 8.48. The van der Waals surface area contributed by atoms with Crippen molar-refractivity contribution in [2.24, 2.45) is 5.41 Å². The molecule has 22 heavy (non-hydrogen) atoms. The van der Waals surface area contributed by atoms with E-state index in [1.54, 1.807) is 0 Å². The molecule has 1 N–H and O–H groups in total. The van der Waals surface area contributed by atoms with E-state index in [0.29, 0.717) is 13.1 Å². The molecular weight excluding hydrogens is 280 g/mol. The third-order valence-corrected chi connectivity index (χ3v) is 4.54. The second-order valence-electron chi connectivity index (χ2n) is 8.08. The molecule has 1 saturated heterocycles. The highest BCUT2D eigenvalue weighted by molar-refractivity contribution is 5.74. The molecule has 0 atom stereocenters. The zero-order valence-electron chi connectivity index (χ0n) is 14.8. The Bertz CT molecular complexity index is 387. The van der Waals surface area contributed by atoms with Crippen LogP contribution in [0.15, 0.2) is 0 Å². The number of carbonyl (C=O) groups excluding carboxylic acids is 1. The van der Waals surface area contributed by atoms with E-state index in [1.165, 1.54) is 12.8 Å². The highest BCUT2D eigenvalue weighted by Crippen LogP contribution is 2.48. The Labute approximate surface area is 134 Å². The Balaban J connectivity index is 1.82. The fourth-order valence-electron chi connectivity index (χ4n) is 3.43. The van der Waals surface area contributed by atoms with Gasteiger partial charge in [-0.2, -0.15) is 0 Å². The van der Waals surface area contributed by atoms with E-state index in [4.69, 9.17) is 9.47 Å². The lowest BCUT2D eigenvalue weighted by Gasteiger charge is -2.47. The summed E-state index contributed by atoms with van der Waals surface area (Å²) in [5.41, 5.74) is -0.321. The van der Waals surface area contributed by atoms with Crippen LogP contribution in [-0.2, 0) is 9.47 Å². The third-order valence-electron chi connectivity index (χ3n) is 4.54. The van der Waals surface area contributed by atoms with E-state index >= 15 is 0 Å². The van der Waals surface area contributed by atoms with Crippen LogP contribution >= 0.6 is 0 Å². The first-order valence-corrected chi connectivity index (χ1v) is 8.48. The summed E-state index contributed by atoms with van der Waals surface area (Å²) >= 11 is 0. The molecular formula is C17H32N2O3. The number of nitrogens with zero attached hydrogens (tertiary/aromatic N) is 1. The predicted octanol–water partition coefficient (Wildman–Crippen LogP) is 2.79. The van der Waals surface area contributed by atoms with Crippen LogP contribution in [0.2, 0.25) is 0 Å². The number of ether oxygens (including phenoxy) is 2. The van der Waals surface area contributed by atoms with Gasteiger partial charge < -0.3 is 19.7 Å². The molecule has 0 spiro atoms. The third kappa shape index (κ3) is 4.85. The van der Waals surface area contributed by atoms with Crippen LogP contribution in [0.3, 0.4) is 0 Å². The molecule has 1 heterocycles. The normalized spacial score (nSPS) is 24.9. The van der Waals surface area contributed by atoms with Crippen molar-refractivity contribution < 1.29 is 14.3 Å². The second kappa shape index (κ2) is 6.36. The topological polar surface area (TPSA) is 50.8 Å². The van der Waals surface area contributed by atoms with Gasteiger partial charge in [0.2, 0.25) is 0 Å². The summed E-state index contributed by atoms with van der Waals surface area (Å²) in [6.45, 7) is 13.8. The molecule has 0 radical (unpaired) electrons. The van der Waals surface area contributed by atoms with Crippen molar-refractivity contribution in [3.05, 3.63) is 0 Å². The van der Waals surface area contributed by atoms with Gasteiger partial charge in [-0.1, -0.05) is 0 Å². The Hall–Kier alpha value is -0.810. The van der Waals surface area contributed by atoms with Crippen LogP contribution < -0.4 is 5.32 Å². The maximum Gasteiger partial charge on any atom is 0.317 e. The monoisotopic (exact) mass is 312 g/mol. The SMILES string of the molecule is CCOCCC1(CNC(=O)N2CC(C)(C)OC(C)(C)C2)CC1. The van der Waals surface area contributed by atoms with E-state index in [-0.39, 0.29) is 22.6 Å². The smallest absolute Gasteiger partial charge is 0.317 e.